The molecule has 2 aromatic carbocycles. The molecule has 0 atom stereocenters. The normalized spacial score (nSPS) is 11.9. The Morgan fingerprint density at radius 2 is 0.623 bits per heavy atom. The Balaban J connectivity index is 0.000000930. The summed E-state index contributed by atoms with van der Waals surface area (Å²) >= 11 is 0. The molecule has 2 rings (SSSR count). The van der Waals surface area contributed by atoms with E-state index >= 15 is 0 Å². The van der Waals surface area contributed by atoms with Crippen molar-refractivity contribution < 1.29 is 59.3 Å². The summed E-state index contributed by atoms with van der Waals surface area (Å²) in [6, 6.07) is 2.93. The molecule has 0 radical (unpaired) electrons. The third-order valence-electron chi connectivity index (χ3n) is 11.2. The van der Waals surface area contributed by atoms with Crippen LogP contribution in [0.15, 0.2) is 34.1 Å². The number of hydrogen-bond acceptors (Lipinski definition) is 9. The topological polar surface area (TPSA) is 177 Å². The quantitative estimate of drug-likeness (QED) is 0.0433. The fraction of sp³-hybridized carbons (Fsp3) is 0.739. The number of nitrogens with zero attached hydrogens (tertiary/aromatic N) is 2. The molecule has 0 bridgehead atoms. The van der Waals surface area contributed by atoms with Crippen LogP contribution in [0, 0.1) is 0 Å². The summed E-state index contributed by atoms with van der Waals surface area (Å²) in [6.45, 7) is 30.0. The van der Waals surface area contributed by atoms with Crippen molar-refractivity contribution >= 4 is 20.2 Å². The average Bonchev–Trinajstić information content (AvgIpc) is 3.22. The Hall–Kier alpha value is -2.82. The molecule has 0 aliphatic heterocycles. The highest BCUT2D eigenvalue weighted by Crippen LogP contribution is 2.42. The summed E-state index contributed by atoms with van der Waals surface area (Å²) in [5.74, 6) is -3.22. The van der Waals surface area contributed by atoms with Gasteiger partial charge in [0.2, 0.25) is 0 Å². The second-order valence-electron chi connectivity index (χ2n) is 16.3. The maximum absolute atomic E-state index is 11.6. The standard InChI is InChI=1S/2C16H36N.C14H14O11S2/c2*1-5-9-13-17(14-10-6-2,15-11-7-3)16-12-8-4;1-23-9-5-13(26(17,18)19)11(3-7(9)15)25-12-4-8(16)10(24-2)6-14(12)27(20,21)22/h2*5-16H2,1-4H3;3-6,15-16H,1-2H3,(H,17,18,19)(H,20,21,22)/q2*+1;. The second kappa shape index (κ2) is 31.1. The van der Waals surface area contributed by atoms with Crippen molar-refractivity contribution in [2.45, 2.75) is 168 Å². The number of phenolic OH excluding ortho intramolecular Hbond substituents is 2. The van der Waals surface area contributed by atoms with Crippen LogP contribution in [0.1, 0.15) is 158 Å². The molecule has 0 saturated heterocycles. The highest BCUT2D eigenvalue weighted by molar-refractivity contribution is 7.86. The van der Waals surface area contributed by atoms with Gasteiger partial charge in [0.1, 0.15) is 9.79 Å². The first-order valence-electron chi connectivity index (χ1n) is 23.0. The van der Waals surface area contributed by atoms with Gasteiger partial charge in [-0.1, -0.05) is 107 Å². The maximum atomic E-state index is 11.6. The van der Waals surface area contributed by atoms with Gasteiger partial charge in [-0.05, 0) is 51.4 Å². The van der Waals surface area contributed by atoms with Crippen LogP contribution in [0.5, 0.6) is 34.5 Å². The van der Waals surface area contributed by atoms with Gasteiger partial charge in [-0.25, -0.2) is 0 Å². The van der Waals surface area contributed by atoms with Gasteiger partial charge in [0, 0.05) is 24.3 Å². The van der Waals surface area contributed by atoms with Crippen LogP contribution in [0.25, 0.3) is 0 Å². The fourth-order valence-corrected chi connectivity index (χ4v) is 8.58. The predicted octanol–water partition coefficient (Wildman–Crippen LogP) is 11.4. The average molecular weight is 907 g/mol. The molecule has 0 unspecified atom stereocenters. The monoisotopic (exact) mass is 907 g/mol. The van der Waals surface area contributed by atoms with Crippen LogP contribution < -0.4 is 14.2 Å². The smallest absolute Gasteiger partial charge is 0.298 e. The van der Waals surface area contributed by atoms with E-state index in [1.165, 1.54) is 164 Å². The Kier molecular flexibility index (Phi) is 29.7. The van der Waals surface area contributed by atoms with Gasteiger partial charge in [0.15, 0.2) is 34.5 Å². The highest BCUT2D eigenvalue weighted by atomic mass is 32.2. The van der Waals surface area contributed by atoms with Crippen molar-refractivity contribution in [3.63, 3.8) is 0 Å². The van der Waals surface area contributed by atoms with E-state index in [1.807, 2.05) is 0 Å². The zero-order valence-corrected chi connectivity index (χ0v) is 41.3. The minimum Gasteiger partial charge on any atom is -0.504 e. The summed E-state index contributed by atoms with van der Waals surface area (Å²) in [5.41, 5.74) is 0. The van der Waals surface area contributed by atoms with Crippen LogP contribution >= 0.6 is 0 Å². The molecule has 4 N–H and O–H groups in total. The minimum absolute atomic E-state index is 0.317. The lowest BCUT2D eigenvalue weighted by atomic mass is 10.1. The highest BCUT2D eigenvalue weighted by Gasteiger charge is 2.28. The largest absolute Gasteiger partial charge is 0.504 e. The van der Waals surface area contributed by atoms with E-state index in [-0.39, 0.29) is 11.5 Å². The van der Waals surface area contributed by atoms with E-state index in [9.17, 15) is 36.2 Å². The Bertz CT molecular complexity index is 1500. The summed E-state index contributed by atoms with van der Waals surface area (Å²) in [6.07, 6.45) is 22.1. The van der Waals surface area contributed by atoms with Gasteiger partial charge in [-0.3, -0.25) is 9.11 Å². The van der Waals surface area contributed by atoms with Gasteiger partial charge in [-0.2, -0.15) is 16.8 Å². The number of quaternary nitrogens is 2. The zero-order valence-electron chi connectivity index (χ0n) is 39.6. The number of hydrogen-bond donors (Lipinski definition) is 4. The van der Waals surface area contributed by atoms with E-state index in [0.29, 0.717) is 0 Å². The van der Waals surface area contributed by atoms with E-state index < -0.39 is 53.0 Å². The molecule has 0 amide bonds. The number of phenols is 2. The van der Waals surface area contributed by atoms with Crippen molar-refractivity contribution in [2.24, 2.45) is 0 Å². The van der Waals surface area contributed by atoms with Crippen LogP contribution in [-0.2, 0) is 20.2 Å². The van der Waals surface area contributed by atoms with E-state index in [4.69, 9.17) is 14.2 Å². The van der Waals surface area contributed by atoms with Crippen LogP contribution in [0.2, 0.25) is 0 Å². The molecular formula is C46H86N2O11S2+2. The summed E-state index contributed by atoms with van der Waals surface area (Å²) in [7, 11) is -7.53. The lowest BCUT2D eigenvalue weighted by molar-refractivity contribution is -0.929. The molecule has 0 fully saturated rings. The van der Waals surface area contributed by atoms with Crippen molar-refractivity contribution in [2.75, 3.05) is 66.6 Å². The van der Waals surface area contributed by atoms with E-state index in [0.717, 1.165) is 38.5 Å². The molecular weight excluding hydrogens is 821 g/mol. The summed E-state index contributed by atoms with van der Waals surface area (Å²) in [5, 5.41) is 19.6. The van der Waals surface area contributed by atoms with Gasteiger partial charge >= 0.3 is 0 Å². The summed E-state index contributed by atoms with van der Waals surface area (Å²) < 4.78 is 82.4. The van der Waals surface area contributed by atoms with Gasteiger partial charge in [0.05, 0.1) is 66.6 Å². The number of rotatable bonds is 30. The maximum Gasteiger partial charge on any atom is 0.298 e. The molecule has 0 saturated carbocycles. The predicted molar refractivity (Wildman–Crippen MR) is 248 cm³/mol. The number of ether oxygens (including phenoxy) is 3. The van der Waals surface area contributed by atoms with Gasteiger partial charge in [0.25, 0.3) is 20.2 Å². The van der Waals surface area contributed by atoms with Gasteiger partial charge < -0.3 is 33.4 Å². The molecule has 0 heterocycles. The third-order valence-corrected chi connectivity index (χ3v) is 12.9. The molecule has 15 heteroatoms. The molecule has 2 aromatic rings. The second-order valence-corrected chi connectivity index (χ2v) is 19.1. The molecule has 0 aromatic heterocycles. The molecule has 0 aliphatic rings. The van der Waals surface area contributed by atoms with Crippen LogP contribution in [0.4, 0.5) is 0 Å². The van der Waals surface area contributed by atoms with Gasteiger partial charge in [-0.15, -0.1) is 0 Å². The van der Waals surface area contributed by atoms with Crippen molar-refractivity contribution in [1.82, 2.24) is 0 Å². The van der Waals surface area contributed by atoms with Crippen molar-refractivity contribution in [1.29, 1.82) is 0 Å². The Morgan fingerprint density at radius 3 is 0.787 bits per heavy atom. The molecule has 13 nitrogen and oxygen atoms in total. The first kappa shape index (κ1) is 58.2. The molecule has 61 heavy (non-hydrogen) atoms. The Morgan fingerprint density at radius 1 is 0.410 bits per heavy atom. The number of benzene rings is 2. The molecule has 0 spiro atoms. The van der Waals surface area contributed by atoms with Crippen LogP contribution in [-0.4, -0.2) is 112 Å². The molecule has 356 valence electrons. The summed E-state index contributed by atoms with van der Waals surface area (Å²) in [4.78, 5) is -1.73. The number of methoxy groups -OCH3 is 2. The van der Waals surface area contributed by atoms with Crippen molar-refractivity contribution in [3.8, 4) is 34.5 Å². The minimum atomic E-state index is -4.89. The lowest BCUT2D eigenvalue weighted by Crippen LogP contribution is -2.50. The SMILES string of the molecule is CCCC[N+](CCCC)(CCCC)CCCC.CCCC[N+](CCCC)(CCCC)CCCC.COc1cc(S(=O)(=O)O)c(Oc2cc(O)c(OC)cc2S(=O)(=O)O)cc1O. The first-order valence-corrected chi connectivity index (χ1v) is 25.9. The van der Waals surface area contributed by atoms with E-state index in [1.54, 1.807) is 0 Å². The van der Waals surface area contributed by atoms with Crippen molar-refractivity contribution in [3.05, 3.63) is 24.3 Å². The molecule has 0 aliphatic carbocycles. The zero-order chi connectivity index (χ0) is 46.5. The Labute approximate surface area is 371 Å². The number of unbranched alkanes of at least 4 members (excludes halogenated alkanes) is 8. The van der Waals surface area contributed by atoms with Crippen LogP contribution in [0.3, 0.4) is 0 Å². The fourth-order valence-electron chi connectivity index (χ4n) is 7.36. The first-order chi connectivity index (χ1) is 28.9. The lowest BCUT2D eigenvalue weighted by Gasteiger charge is -2.39. The van der Waals surface area contributed by atoms with E-state index in [2.05, 4.69) is 55.4 Å². The third kappa shape index (κ3) is 21.9. The number of aromatic hydroxyl groups is 2.